The van der Waals surface area contributed by atoms with Crippen molar-refractivity contribution in [1.82, 2.24) is 10.3 Å². The Morgan fingerprint density at radius 1 is 1.38 bits per heavy atom. The van der Waals surface area contributed by atoms with Gasteiger partial charge in [-0.05, 0) is 25.8 Å². The molecule has 2 rings (SSSR count). The Labute approximate surface area is 121 Å². The number of aromatic nitrogens is 1. The number of ketones is 1. The lowest BCUT2D eigenvalue weighted by molar-refractivity contribution is -0.154. The van der Waals surface area contributed by atoms with Crippen molar-refractivity contribution >= 4 is 17.7 Å². The molecule has 3 N–H and O–H groups in total. The van der Waals surface area contributed by atoms with E-state index >= 15 is 0 Å². The van der Waals surface area contributed by atoms with Gasteiger partial charge in [-0.25, -0.2) is 0 Å². The number of amides is 1. The second kappa shape index (κ2) is 6.09. The molecule has 114 valence electrons. The molecule has 0 saturated carbocycles. The molecular weight excluding hydrogens is 276 g/mol. The van der Waals surface area contributed by atoms with Gasteiger partial charge in [-0.2, -0.15) is 0 Å². The van der Waals surface area contributed by atoms with Crippen LogP contribution in [0, 0.1) is 5.41 Å². The van der Waals surface area contributed by atoms with E-state index in [0.717, 1.165) is 0 Å². The summed E-state index contributed by atoms with van der Waals surface area (Å²) < 4.78 is 5.18. The first-order valence-electron chi connectivity index (χ1n) is 6.73. The lowest BCUT2D eigenvalue weighted by Gasteiger charge is -2.33. The largest absolute Gasteiger partial charge is 0.481 e. The number of aromatic amines is 1. The number of carbonyl (C=O) groups excluding carboxylic acids is 2. The molecule has 0 bridgehead atoms. The van der Waals surface area contributed by atoms with Gasteiger partial charge in [-0.15, -0.1) is 0 Å². The molecule has 0 aromatic carbocycles. The third-order valence-electron chi connectivity index (χ3n) is 3.83. The number of hydrogen-bond donors (Lipinski definition) is 3. The second-order valence-corrected chi connectivity index (χ2v) is 5.24. The van der Waals surface area contributed by atoms with Crippen LogP contribution < -0.4 is 5.32 Å². The van der Waals surface area contributed by atoms with Gasteiger partial charge in [0.05, 0.1) is 5.41 Å². The fourth-order valence-electron chi connectivity index (χ4n) is 2.30. The lowest BCUT2D eigenvalue weighted by Crippen LogP contribution is -2.46. The first-order valence-corrected chi connectivity index (χ1v) is 6.73. The van der Waals surface area contributed by atoms with Gasteiger partial charge in [0.2, 0.25) is 0 Å². The van der Waals surface area contributed by atoms with Gasteiger partial charge >= 0.3 is 5.97 Å². The van der Waals surface area contributed by atoms with E-state index in [4.69, 9.17) is 4.74 Å². The smallest absolute Gasteiger partial charge is 0.311 e. The maximum atomic E-state index is 12.0. The number of rotatable bonds is 5. The Kier molecular flexibility index (Phi) is 4.42. The molecule has 0 atom stereocenters. The van der Waals surface area contributed by atoms with E-state index in [2.05, 4.69) is 10.3 Å². The van der Waals surface area contributed by atoms with Gasteiger partial charge in [0, 0.05) is 31.5 Å². The van der Waals surface area contributed by atoms with Crippen molar-refractivity contribution in [3.8, 4) is 0 Å². The van der Waals surface area contributed by atoms with E-state index in [1.165, 1.54) is 19.2 Å². The van der Waals surface area contributed by atoms with Crippen molar-refractivity contribution < 1.29 is 24.2 Å². The predicted molar refractivity (Wildman–Crippen MR) is 73.3 cm³/mol. The minimum Gasteiger partial charge on any atom is -0.481 e. The second-order valence-electron chi connectivity index (χ2n) is 5.24. The normalized spacial score (nSPS) is 17.2. The number of aliphatic carboxylic acids is 1. The summed E-state index contributed by atoms with van der Waals surface area (Å²) in [6.45, 7) is 2.20. The molecule has 1 aromatic rings. The topological polar surface area (TPSA) is 108 Å². The molecule has 1 saturated heterocycles. The van der Waals surface area contributed by atoms with Gasteiger partial charge in [0.15, 0.2) is 5.78 Å². The molecule has 1 fully saturated rings. The van der Waals surface area contributed by atoms with Crippen LogP contribution in [0.2, 0.25) is 0 Å². The van der Waals surface area contributed by atoms with E-state index in [9.17, 15) is 19.5 Å². The fraction of sp³-hybridized carbons (Fsp3) is 0.500. The zero-order chi connectivity index (χ0) is 15.5. The predicted octanol–water partition coefficient (Wildman–Crippen LogP) is 0.828. The Morgan fingerprint density at radius 2 is 2.05 bits per heavy atom. The van der Waals surface area contributed by atoms with Gasteiger partial charge < -0.3 is 20.1 Å². The van der Waals surface area contributed by atoms with Crippen LogP contribution in [0.5, 0.6) is 0 Å². The molecule has 0 spiro atoms. The van der Waals surface area contributed by atoms with Crippen molar-refractivity contribution in [2.75, 3.05) is 19.8 Å². The fourth-order valence-corrected chi connectivity index (χ4v) is 2.30. The van der Waals surface area contributed by atoms with Crippen molar-refractivity contribution in [3.63, 3.8) is 0 Å². The van der Waals surface area contributed by atoms with Crippen LogP contribution in [0.1, 0.15) is 40.6 Å². The summed E-state index contributed by atoms with van der Waals surface area (Å²) in [5, 5.41) is 12.0. The molecule has 1 aromatic heterocycles. The Balaban J connectivity index is 2.01. The molecule has 1 amide bonds. The van der Waals surface area contributed by atoms with E-state index < -0.39 is 17.3 Å². The Hall–Kier alpha value is -2.15. The minimum atomic E-state index is -0.982. The lowest BCUT2D eigenvalue weighted by atomic mass is 9.80. The van der Waals surface area contributed by atoms with Crippen LogP contribution in [-0.2, 0) is 9.53 Å². The molecule has 7 nitrogen and oxygen atoms in total. The maximum Gasteiger partial charge on any atom is 0.311 e. The van der Waals surface area contributed by atoms with E-state index in [0.29, 0.717) is 31.6 Å². The quantitative estimate of drug-likeness (QED) is 0.697. The minimum absolute atomic E-state index is 0.0406. The highest BCUT2D eigenvalue weighted by atomic mass is 16.5. The van der Waals surface area contributed by atoms with Crippen LogP contribution in [-0.4, -0.2) is 47.5 Å². The molecule has 0 aliphatic carbocycles. The highest BCUT2D eigenvalue weighted by Gasteiger charge is 2.40. The molecule has 21 heavy (non-hydrogen) atoms. The number of hydrogen-bond acceptors (Lipinski definition) is 4. The summed E-state index contributed by atoms with van der Waals surface area (Å²) in [6, 6.07) is 1.45. The Morgan fingerprint density at radius 3 is 2.57 bits per heavy atom. The molecular formula is C14H18N2O5. The summed E-state index contributed by atoms with van der Waals surface area (Å²) in [4.78, 5) is 37.4. The summed E-state index contributed by atoms with van der Waals surface area (Å²) >= 11 is 0. The molecule has 0 radical (unpaired) electrons. The van der Waals surface area contributed by atoms with Crippen LogP contribution in [0.3, 0.4) is 0 Å². The summed E-state index contributed by atoms with van der Waals surface area (Å²) in [7, 11) is 0. The van der Waals surface area contributed by atoms with Crippen molar-refractivity contribution in [3.05, 3.63) is 23.5 Å². The number of nitrogens with one attached hydrogen (secondary N) is 2. The molecule has 0 unspecified atom stereocenters. The summed E-state index contributed by atoms with van der Waals surface area (Å²) in [6.07, 6.45) is 2.19. The highest BCUT2D eigenvalue weighted by molar-refractivity contribution is 5.99. The van der Waals surface area contributed by atoms with Gasteiger partial charge in [0.25, 0.3) is 5.91 Å². The highest BCUT2D eigenvalue weighted by Crippen LogP contribution is 2.30. The number of ether oxygens (including phenoxy) is 1. The maximum absolute atomic E-state index is 12.0. The van der Waals surface area contributed by atoms with E-state index in [1.54, 1.807) is 0 Å². The number of carboxylic acids is 1. The van der Waals surface area contributed by atoms with Crippen molar-refractivity contribution in [2.24, 2.45) is 5.41 Å². The molecule has 1 aliphatic heterocycles. The average molecular weight is 294 g/mol. The molecule has 2 heterocycles. The Bertz CT molecular complexity index is 557. The van der Waals surface area contributed by atoms with E-state index in [1.807, 2.05) is 0 Å². The van der Waals surface area contributed by atoms with Gasteiger partial charge in [-0.1, -0.05) is 0 Å². The third kappa shape index (κ3) is 3.30. The van der Waals surface area contributed by atoms with E-state index in [-0.39, 0.29) is 18.0 Å². The first-order chi connectivity index (χ1) is 9.94. The SMILES string of the molecule is CC(=O)c1c[nH]c(C(=O)NCC2(C(=O)O)CCOCC2)c1. The number of H-pyrrole nitrogens is 1. The zero-order valence-corrected chi connectivity index (χ0v) is 11.8. The van der Waals surface area contributed by atoms with Gasteiger partial charge in [-0.3, -0.25) is 14.4 Å². The molecule has 7 heteroatoms. The monoisotopic (exact) mass is 294 g/mol. The van der Waals surface area contributed by atoms with Crippen LogP contribution >= 0.6 is 0 Å². The number of carboxylic acid groups (broad SMARTS) is 1. The standard InChI is InChI=1S/C14H18N2O5/c1-9(17)10-6-11(15-7-10)12(18)16-8-14(13(19)20)2-4-21-5-3-14/h6-7,15H,2-5,8H2,1H3,(H,16,18)(H,19,20). The zero-order valence-electron chi connectivity index (χ0n) is 11.8. The van der Waals surface area contributed by atoms with Crippen molar-refractivity contribution in [2.45, 2.75) is 19.8 Å². The number of Topliss-reactive ketones (excluding diaryl/α,β-unsaturated/α-hetero) is 1. The third-order valence-corrected chi connectivity index (χ3v) is 3.83. The first kappa shape index (κ1) is 15.2. The van der Waals surface area contributed by atoms with Crippen LogP contribution in [0.15, 0.2) is 12.3 Å². The van der Waals surface area contributed by atoms with Crippen LogP contribution in [0.25, 0.3) is 0 Å². The summed E-state index contributed by atoms with van der Waals surface area (Å²) in [5.74, 6) is -1.49. The van der Waals surface area contributed by atoms with Crippen LogP contribution in [0.4, 0.5) is 0 Å². The van der Waals surface area contributed by atoms with Gasteiger partial charge in [0.1, 0.15) is 5.69 Å². The average Bonchev–Trinajstić information content (AvgIpc) is 2.95. The van der Waals surface area contributed by atoms with Crippen molar-refractivity contribution in [1.29, 1.82) is 0 Å². The number of carbonyl (C=O) groups is 3. The summed E-state index contributed by atoms with van der Waals surface area (Å²) in [5.41, 5.74) is -0.323. The molecule has 1 aliphatic rings.